The molecular formula is C21H27N3O. The Morgan fingerprint density at radius 1 is 1.36 bits per heavy atom. The molecule has 4 nitrogen and oxygen atoms in total. The molecule has 0 amide bonds. The summed E-state index contributed by atoms with van der Waals surface area (Å²) in [6, 6.07) is 13.2. The molecule has 0 spiro atoms. The molecule has 2 aliphatic rings. The van der Waals surface area contributed by atoms with Gasteiger partial charge in [0.05, 0.1) is 6.61 Å². The van der Waals surface area contributed by atoms with Gasteiger partial charge in [-0.25, -0.2) is 0 Å². The summed E-state index contributed by atoms with van der Waals surface area (Å²) >= 11 is 0. The standard InChI is InChI=1S/C21H27N3O/c1-23-20-10-14-24(16-20)13-5-15-25-21(17-22)11-8-19(9-12-21)18-6-3-2-4-7-18/h2-4,6-9,11,20,23H,5,10,12-16H2,1H3/t20-,21?/m1/s1. The van der Waals surface area contributed by atoms with E-state index in [4.69, 9.17) is 4.74 Å². The molecule has 1 fully saturated rings. The Hall–Kier alpha value is -1.93. The molecule has 1 unspecified atom stereocenters. The molecule has 2 atom stereocenters. The molecule has 1 aromatic rings. The topological polar surface area (TPSA) is 48.3 Å². The van der Waals surface area contributed by atoms with Gasteiger partial charge in [-0.3, -0.25) is 0 Å². The van der Waals surface area contributed by atoms with Crippen LogP contribution in [0.4, 0.5) is 0 Å². The minimum absolute atomic E-state index is 0.607. The third kappa shape index (κ3) is 4.58. The van der Waals surface area contributed by atoms with Crippen LogP contribution in [0.25, 0.3) is 5.57 Å². The van der Waals surface area contributed by atoms with Crippen molar-refractivity contribution in [3.05, 3.63) is 54.1 Å². The maximum absolute atomic E-state index is 9.60. The fraction of sp³-hybridized carbons (Fsp3) is 0.476. The van der Waals surface area contributed by atoms with Gasteiger partial charge in [0.25, 0.3) is 0 Å². The van der Waals surface area contributed by atoms with Crippen LogP contribution in [0.2, 0.25) is 0 Å². The predicted molar refractivity (Wildman–Crippen MR) is 101 cm³/mol. The number of nitriles is 1. The zero-order valence-corrected chi connectivity index (χ0v) is 14.9. The summed E-state index contributed by atoms with van der Waals surface area (Å²) in [5.74, 6) is 0. The zero-order chi connectivity index (χ0) is 17.5. The SMILES string of the molecule is CN[C@@H]1CCN(CCCOC2(C#N)C=CC(c3ccccc3)=CC2)C1. The lowest BCUT2D eigenvalue weighted by molar-refractivity contribution is 0.0299. The van der Waals surface area contributed by atoms with Gasteiger partial charge in [0.1, 0.15) is 6.07 Å². The van der Waals surface area contributed by atoms with Crippen molar-refractivity contribution in [1.82, 2.24) is 10.2 Å². The van der Waals surface area contributed by atoms with E-state index in [9.17, 15) is 5.26 Å². The first-order valence-electron chi connectivity index (χ1n) is 9.14. The van der Waals surface area contributed by atoms with Gasteiger partial charge in [-0.15, -0.1) is 0 Å². The van der Waals surface area contributed by atoms with Crippen LogP contribution in [0.15, 0.2) is 48.6 Å². The number of hydrogen-bond acceptors (Lipinski definition) is 4. The van der Waals surface area contributed by atoms with Crippen molar-refractivity contribution < 1.29 is 4.74 Å². The summed E-state index contributed by atoms with van der Waals surface area (Å²) < 4.78 is 5.98. The lowest BCUT2D eigenvalue weighted by Gasteiger charge is -2.26. The van der Waals surface area contributed by atoms with E-state index in [0.29, 0.717) is 19.1 Å². The largest absolute Gasteiger partial charge is 0.356 e. The van der Waals surface area contributed by atoms with Gasteiger partial charge in [-0.2, -0.15) is 5.26 Å². The Labute approximate surface area is 150 Å². The van der Waals surface area contributed by atoms with Gasteiger partial charge in [0.15, 0.2) is 5.60 Å². The van der Waals surface area contributed by atoms with E-state index in [1.165, 1.54) is 12.0 Å². The summed E-state index contributed by atoms with van der Waals surface area (Å²) in [4.78, 5) is 2.47. The van der Waals surface area contributed by atoms with Crippen molar-refractivity contribution in [3.8, 4) is 6.07 Å². The Kier molecular flexibility index (Phi) is 6.04. The molecule has 1 aromatic carbocycles. The highest BCUT2D eigenvalue weighted by Gasteiger charge is 2.29. The monoisotopic (exact) mass is 337 g/mol. The second-order valence-corrected chi connectivity index (χ2v) is 6.84. The summed E-state index contributed by atoms with van der Waals surface area (Å²) in [5.41, 5.74) is 1.53. The second kappa shape index (κ2) is 8.44. The lowest BCUT2D eigenvalue weighted by Crippen LogP contribution is -2.32. The molecule has 3 rings (SSSR count). The number of rotatable bonds is 7. The minimum atomic E-state index is -0.809. The first-order valence-corrected chi connectivity index (χ1v) is 9.14. The molecule has 1 N–H and O–H groups in total. The first-order chi connectivity index (χ1) is 12.2. The van der Waals surface area contributed by atoms with Crippen LogP contribution in [-0.2, 0) is 4.74 Å². The average molecular weight is 337 g/mol. The molecule has 132 valence electrons. The van der Waals surface area contributed by atoms with Crippen LogP contribution in [0.5, 0.6) is 0 Å². The van der Waals surface area contributed by atoms with Gasteiger partial charge in [0.2, 0.25) is 0 Å². The van der Waals surface area contributed by atoms with E-state index >= 15 is 0 Å². The molecule has 1 heterocycles. The lowest BCUT2D eigenvalue weighted by atomic mass is 9.90. The van der Waals surface area contributed by atoms with E-state index < -0.39 is 5.60 Å². The van der Waals surface area contributed by atoms with E-state index in [1.54, 1.807) is 0 Å². The van der Waals surface area contributed by atoms with Crippen molar-refractivity contribution in [1.29, 1.82) is 5.26 Å². The molecule has 1 aliphatic heterocycles. The van der Waals surface area contributed by atoms with Crippen LogP contribution in [0.1, 0.15) is 24.8 Å². The second-order valence-electron chi connectivity index (χ2n) is 6.84. The van der Waals surface area contributed by atoms with Crippen LogP contribution in [-0.4, -0.2) is 49.8 Å². The van der Waals surface area contributed by atoms with Crippen molar-refractivity contribution in [2.75, 3.05) is 33.3 Å². The molecule has 0 radical (unpaired) electrons. The summed E-state index contributed by atoms with van der Waals surface area (Å²) in [6.45, 7) is 3.92. The number of allylic oxidation sites excluding steroid dienone is 2. The van der Waals surface area contributed by atoms with Gasteiger partial charge >= 0.3 is 0 Å². The molecule has 4 heteroatoms. The summed E-state index contributed by atoms with van der Waals surface area (Å²) in [6.07, 6.45) is 8.83. The highest BCUT2D eigenvalue weighted by atomic mass is 16.5. The Morgan fingerprint density at radius 2 is 2.20 bits per heavy atom. The van der Waals surface area contributed by atoms with E-state index in [1.807, 2.05) is 37.4 Å². The number of hydrogen-bond donors (Lipinski definition) is 1. The van der Waals surface area contributed by atoms with Crippen LogP contribution < -0.4 is 5.32 Å². The number of ether oxygens (including phenoxy) is 1. The first kappa shape index (κ1) is 17.9. The van der Waals surface area contributed by atoms with E-state index in [0.717, 1.165) is 31.6 Å². The zero-order valence-electron chi connectivity index (χ0n) is 14.9. The number of benzene rings is 1. The molecular weight excluding hydrogens is 310 g/mol. The molecule has 0 saturated carbocycles. The fourth-order valence-corrected chi connectivity index (χ4v) is 3.50. The predicted octanol–water partition coefficient (Wildman–Crippen LogP) is 2.99. The Morgan fingerprint density at radius 3 is 2.84 bits per heavy atom. The maximum Gasteiger partial charge on any atom is 0.176 e. The normalized spacial score (nSPS) is 26.4. The van der Waals surface area contributed by atoms with Gasteiger partial charge in [-0.1, -0.05) is 42.5 Å². The third-order valence-electron chi connectivity index (χ3n) is 5.11. The highest BCUT2D eigenvalue weighted by molar-refractivity contribution is 5.75. The molecule has 1 saturated heterocycles. The molecule has 0 bridgehead atoms. The van der Waals surface area contributed by atoms with E-state index in [2.05, 4.69) is 34.5 Å². The number of nitrogens with zero attached hydrogens (tertiary/aromatic N) is 2. The van der Waals surface area contributed by atoms with Crippen molar-refractivity contribution in [3.63, 3.8) is 0 Å². The van der Waals surface area contributed by atoms with Crippen LogP contribution in [0.3, 0.4) is 0 Å². The quantitative estimate of drug-likeness (QED) is 0.777. The number of likely N-dealkylation sites (tertiary alicyclic amines) is 1. The minimum Gasteiger partial charge on any atom is -0.356 e. The number of likely N-dealkylation sites (N-methyl/N-ethyl adjacent to an activating group) is 1. The average Bonchev–Trinajstić information content (AvgIpc) is 3.14. The molecule has 0 aromatic heterocycles. The fourth-order valence-electron chi connectivity index (χ4n) is 3.50. The highest BCUT2D eigenvalue weighted by Crippen LogP contribution is 2.29. The maximum atomic E-state index is 9.60. The summed E-state index contributed by atoms with van der Waals surface area (Å²) in [5, 5.41) is 12.9. The van der Waals surface area contributed by atoms with Gasteiger partial charge in [0, 0.05) is 25.6 Å². The molecule has 25 heavy (non-hydrogen) atoms. The van der Waals surface area contributed by atoms with Crippen LogP contribution in [0, 0.1) is 11.3 Å². The van der Waals surface area contributed by atoms with Gasteiger partial charge < -0.3 is 15.0 Å². The van der Waals surface area contributed by atoms with Gasteiger partial charge in [-0.05, 0) is 43.6 Å². The Balaban J connectivity index is 1.46. The van der Waals surface area contributed by atoms with Crippen molar-refractivity contribution >= 4 is 5.57 Å². The molecule has 1 aliphatic carbocycles. The third-order valence-corrected chi connectivity index (χ3v) is 5.11. The van der Waals surface area contributed by atoms with Crippen LogP contribution >= 0.6 is 0 Å². The summed E-state index contributed by atoms with van der Waals surface area (Å²) in [7, 11) is 2.03. The Bertz CT molecular complexity index is 661. The van der Waals surface area contributed by atoms with Crippen molar-refractivity contribution in [2.24, 2.45) is 0 Å². The smallest absolute Gasteiger partial charge is 0.176 e. The van der Waals surface area contributed by atoms with E-state index in [-0.39, 0.29) is 0 Å². The van der Waals surface area contributed by atoms with Crippen molar-refractivity contribution in [2.45, 2.75) is 30.9 Å². The number of nitrogens with one attached hydrogen (secondary N) is 1.